The quantitative estimate of drug-likeness (QED) is 0.0744. The highest BCUT2D eigenvalue weighted by Gasteiger charge is 2.28. The predicted octanol–water partition coefficient (Wildman–Crippen LogP) is 11.1. The van der Waals surface area contributed by atoms with E-state index < -0.39 is 0 Å². The number of morpholine rings is 1. The Morgan fingerprint density at radius 1 is 0.465 bits per heavy atom. The standard InChI is InChI=1S/C69H76N12O5/c1-82-61-41-57-59(43-63(61)85-47-50-16-7-4-8-17-50)73-68(80-34-32-79(33-35-80)65-22-11-12-27-70-65)75-66(57)72-55-25-30-78(31-26-55)46-53-19-9-10-21-56(53)52-20-13-18-51(40-52)48-86-64-44-60-58(42-62(64)83-2)67(76-69(74-60)81-36-38-84-39-37-81)71-54-23-28-77(29-24-54)45-49-14-5-3-6-15-49/h3-22,27,40-44,54-55H,23-26,28-39,45-48H2,1-2H3,(H,71,74,76)(H,72,73,75). The van der Waals surface area contributed by atoms with Crippen LogP contribution in [0.25, 0.3) is 32.9 Å². The van der Waals surface area contributed by atoms with Crippen molar-refractivity contribution < 1.29 is 23.7 Å². The van der Waals surface area contributed by atoms with E-state index in [1.807, 2.05) is 60.8 Å². The Morgan fingerprint density at radius 2 is 0.988 bits per heavy atom. The molecule has 7 heterocycles. The van der Waals surface area contributed by atoms with Crippen molar-refractivity contribution in [1.82, 2.24) is 34.7 Å². The van der Waals surface area contributed by atoms with E-state index in [1.165, 1.54) is 16.7 Å². The topological polar surface area (TPSA) is 151 Å². The molecule has 4 fully saturated rings. The molecule has 0 atom stereocenters. The summed E-state index contributed by atoms with van der Waals surface area (Å²) in [4.78, 5) is 37.4. The van der Waals surface area contributed by atoms with Crippen molar-refractivity contribution in [2.45, 2.75) is 64.1 Å². The van der Waals surface area contributed by atoms with E-state index >= 15 is 0 Å². The average Bonchev–Trinajstić information content (AvgIpc) is 2.01. The first-order valence-electron chi connectivity index (χ1n) is 30.5. The van der Waals surface area contributed by atoms with E-state index in [4.69, 9.17) is 43.6 Å². The zero-order chi connectivity index (χ0) is 58.0. The number of rotatable bonds is 20. The first-order chi connectivity index (χ1) is 42.4. The van der Waals surface area contributed by atoms with Crippen LogP contribution in [0.15, 0.2) is 158 Å². The van der Waals surface area contributed by atoms with Gasteiger partial charge >= 0.3 is 0 Å². The number of benzene rings is 6. The lowest BCUT2D eigenvalue weighted by Gasteiger charge is -2.36. The molecule has 0 saturated carbocycles. The molecule has 0 spiro atoms. The molecule has 0 amide bonds. The van der Waals surface area contributed by atoms with Crippen LogP contribution < -0.4 is 44.3 Å². The molecule has 6 aromatic carbocycles. The number of likely N-dealkylation sites (tertiary alicyclic amines) is 2. The predicted molar refractivity (Wildman–Crippen MR) is 341 cm³/mol. The van der Waals surface area contributed by atoms with Gasteiger partial charge in [0.25, 0.3) is 0 Å². The van der Waals surface area contributed by atoms with E-state index in [-0.39, 0.29) is 12.1 Å². The number of piperidine rings is 2. The number of piperazine rings is 1. The van der Waals surface area contributed by atoms with Crippen LogP contribution in [-0.4, -0.2) is 140 Å². The van der Waals surface area contributed by atoms with E-state index in [2.05, 4.69) is 137 Å². The number of aromatic nitrogens is 5. The third kappa shape index (κ3) is 13.3. The number of pyridine rings is 1. The summed E-state index contributed by atoms with van der Waals surface area (Å²) in [6.45, 7) is 12.4. The van der Waals surface area contributed by atoms with Crippen molar-refractivity contribution in [2.24, 2.45) is 0 Å². The van der Waals surface area contributed by atoms with Gasteiger partial charge in [0, 0.05) is 120 Å². The molecular weight excluding hydrogens is 1080 g/mol. The van der Waals surface area contributed by atoms with Crippen molar-refractivity contribution in [3.63, 3.8) is 0 Å². The van der Waals surface area contributed by atoms with E-state index in [9.17, 15) is 0 Å². The second kappa shape index (κ2) is 26.7. The summed E-state index contributed by atoms with van der Waals surface area (Å²) in [6, 6.07) is 53.1. The lowest BCUT2D eigenvalue weighted by molar-refractivity contribution is 0.122. The number of hydrogen-bond acceptors (Lipinski definition) is 17. The molecule has 2 N–H and O–H groups in total. The number of methoxy groups -OCH3 is 2. The number of anilines is 5. The van der Waals surface area contributed by atoms with Crippen LogP contribution in [0.3, 0.4) is 0 Å². The maximum atomic E-state index is 6.69. The monoisotopic (exact) mass is 1150 g/mol. The van der Waals surface area contributed by atoms with Gasteiger partial charge in [-0.05, 0) is 89.4 Å². The molecule has 0 unspecified atom stereocenters. The molecule has 17 nitrogen and oxygen atoms in total. The third-order valence-corrected chi connectivity index (χ3v) is 17.2. The van der Waals surface area contributed by atoms with Crippen molar-refractivity contribution in [3.05, 3.63) is 180 Å². The Hall–Kier alpha value is -8.77. The molecule has 4 aliphatic rings. The minimum atomic E-state index is 0.211. The highest BCUT2D eigenvalue weighted by molar-refractivity contribution is 5.94. The molecule has 13 rings (SSSR count). The molecule has 4 saturated heterocycles. The second-order valence-corrected chi connectivity index (χ2v) is 22.8. The summed E-state index contributed by atoms with van der Waals surface area (Å²) in [5, 5.41) is 9.59. The van der Waals surface area contributed by atoms with Gasteiger partial charge in [0.2, 0.25) is 11.9 Å². The number of fused-ring (bicyclic) bond motifs is 2. The summed E-state index contributed by atoms with van der Waals surface area (Å²) < 4.78 is 30.8. The van der Waals surface area contributed by atoms with Gasteiger partial charge in [-0.3, -0.25) is 9.80 Å². The minimum Gasteiger partial charge on any atom is -0.493 e. The normalized spacial score (nSPS) is 16.6. The van der Waals surface area contributed by atoms with Gasteiger partial charge in [-0.25, -0.2) is 15.0 Å². The summed E-state index contributed by atoms with van der Waals surface area (Å²) in [6.07, 6.45) is 5.81. The maximum Gasteiger partial charge on any atom is 0.228 e. The van der Waals surface area contributed by atoms with Crippen molar-refractivity contribution >= 4 is 51.2 Å². The molecule has 0 radical (unpaired) electrons. The van der Waals surface area contributed by atoms with E-state index in [0.29, 0.717) is 61.3 Å². The van der Waals surface area contributed by atoms with E-state index in [1.54, 1.807) is 14.2 Å². The molecular formula is C69H76N12O5. The zero-order valence-electron chi connectivity index (χ0n) is 49.3. The highest BCUT2D eigenvalue weighted by Crippen LogP contribution is 2.39. The Kier molecular flexibility index (Phi) is 17.5. The smallest absolute Gasteiger partial charge is 0.228 e. The first kappa shape index (κ1) is 56.4. The molecule has 0 bridgehead atoms. The fraction of sp³-hybridized carbons (Fsp3) is 0.348. The fourth-order valence-corrected chi connectivity index (χ4v) is 12.3. The lowest BCUT2D eigenvalue weighted by Crippen LogP contribution is -2.47. The fourth-order valence-electron chi connectivity index (χ4n) is 12.3. The molecule has 0 aliphatic carbocycles. The minimum absolute atomic E-state index is 0.211. The summed E-state index contributed by atoms with van der Waals surface area (Å²) >= 11 is 0. The number of nitrogens with one attached hydrogen (secondary N) is 2. The van der Waals surface area contributed by atoms with Crippen LogP contribution in [0.5, 0.6) is 23.0 Å². The molecule has 17 heteroatoms. The van der Waals surface area contributed by atoms with Crippen LogP contribution in [0.1, 0.15) is 47.9 Å². The van der Waals surface area contributed by atoms with Gasteiger partial charge < -0.3 is 49.0 Å². The lowest BCUT2D eigenvalue weighted by atomic mass is 9.97. The number of hydrogen-bond donors (Lipinski definition) is 2. The molecule has 9 aromatic rings. The third-order valence-electron chi connectivity index (χ3n) is 17.2. The average molecular weight is 1150 g/mol. The Labute approximate surface area is 503 Å². The summed E-state index contributed by atoms with van der Waals surface area (Å²) in [5.41, 5.74) is 8.77. The molecule has 442 valence electrons. The summed E-state index contributed by atoms with van der Waals surface area (Å²) in [5.74, 6) is 6.60. The largest absolute Gasteiger partial charge is 0.493 e. The van der Waals surface area contributed by atoms with Gasteiger partial charge in [-0.15, -0.1) is 0 Å². The molecule has 3 aromatic heterocycles. The van der Waals surface area contributed by atoms with Gasteiger partial charge in [0.1, 0.15) is 30.7 Å². The van der Waals surface area contributed by atoms with Crippen molar-refractivity contribution in [3.8, 4) is 34.1 Å². The SMILES string of the molecule is COc1cc2c(NC3CCN(Cc4ccccc4)CC3)nc(N3CCOCC3)nc2cc1OCc1cccc(-c2ccccc2CN2CCC(Nc3nc(N4CCN(c5ccccn5)CC4)nc4cc(OCc5ccccc5)c(OC)cc34)CC2)c1. The zero-order valence-corrected chi connectivity index (χ0v) is 49.3. The van der Waals surface area contributed by atoms with Gasteiger partial charge in [-0.2, -0.15) is 9.97 Å². The molecule has 4 aliphatic heterocycles. The maximum absolute atomic E-state index is 6.69. The number of nitrogens with zero attached hydrogens (tertiary/aromatic N) is 10. The summed E-state index contributed by atoms with van der Waals surface area (Å²) in [7, 11) is 3.39. The van der Waals surface area contributed by atoms with Gasteiger partial charge in [0.05, 0.1) is 38.5 Å². The Balaban J connectivity index is 0.680. The van der Waals surface area contributed by atoms with Crippen molar-refractivity contribution in [2.75, 3.05) is 118 Å². The number of ether oxygens (including phenoxy) is 5. The Morgan fingerprint density at radius 3 is 1.58 bits per heavy atom. The van der Waals surface area contributed by atoms with Crippen LogP contribution in [0.4, 0.5) is 29.4 Å². The Bertz CT molecular complexity index is 3700. The van der Waals surface area contributed by atoms with Crippen LogP contribution >= 0.6 is 0 Å². The second-order valence-electron chi connectivity index (χ2n) is 22.8. The van der Waals surface area contributed by atoms with Crippen LogP contribution in [-0.2, 0) is 31.0 Å². The van der Waals surface area contributed by atoms with Crippen LogP contribution in [0, 0.1) is 0 Å². The molecule has 86 heavy (non-hydrogen) atoms. The van der Waals surface area contributed by atoms with Gasteiger partial charge in [-0.1, -0.05) is 109 Å². The highest BCUT2D eigenvalue weighted by atomic mass is 16.5. The van der Waals surface area contributed by atoms with E-state index in [0.717, 1.165) is 160 Å². The van der Waals surface area contributed by atoms with Gasteiger partial charge in [0.15, 0.2) is 23.0 Å². The first-order valence-corrected chi connectivity index (χ1v) is 30.5. The van der Waals surface area contributed by atoms with Crippen molar-refractivity contribution in [1.29, 1.82) is 0 Å². The van der Waals surface area contributed by atoms with Crippen LogP contribution in [0.2, 0.25) is 0 Å².